The Labute approximate surface area is 141 Å². The zero-order valence-corrected chi connectivity index (χ0v) is 14.4. The molecule has 0 amide bonds. The first-order valence-electron chi connectivity index (χ1n) is 5.88. The van der Waals surface area contributed by atoms with Crippen molar-refractivity contribution < 1.29 is 14.3 Å². The van der Waals surface area contributed by atoms with E-state index < -0.39 is 5.92 Å². The summed E-state index contributed by atoms with van der Waals surface area (Å²) in [6, 6.07) is 8.90. The minimum Gasteiger partial charge on any atom is -0.454 e. The largest absolute Gasteiger partial charge is 0.454 e. The molecule has 3 rings (SSSR count). The molecule has 1 aromatic heterocycles. The van der Waals surface area contributed by atoms with Crippen LogP contribution < -0.4 is 9.47 Å². The maximum Gasteiger partial charge on any atom is 0.231 e. The molecule has 1 aliphatic rings. The summed E-state index contributed by atoms with van der Waals surface area (Å²) in [5.41, 5.74) is 1.09. The molecule has 0 N–H and O–H groups in total. The SMILES string of the molecule is N#CC(C(=O)c1cc(Br)sc1Br)c1ccc2c(c1)OCO2. The van der Waals surface area contributed by atoms with E-state index >= 15 is 0 Å². The summed E-state index contributed by atoms with van der Waals surface area (Å²) in [6.07, 6.45) is 0. The summed E-state index contributed by atoms with van der Waals surface area (Å²) in [4.78, 5) is 12.6. The van der Waals surface area contributed by atoms with Gasteiger partial charge in [0.1, 0.15) is 5.92 Å². The van der Waals surface area contributed by atoms with Crippen LogP contribution >= 0.6 is 43.2 Å². The molecule has 21 heavy (non-hydrogen) atoms. The lowest BCUT2D eigenvalue weighted by atomic mass is 9.93. The van der Waals surface area contributed by atoms with E-state index in [0.29, 0.717) is 26.4 Å². The second kappa shape index (κ2) is 5.79. The number of benzene rings is 1. The summed E-state index contributed by atoms with van der Waals surface area (Å²) >= 11 is 8.09. The molecule has 0 spiro atoms. The number of fused-ring (bicyclic) bond motifs is 1. The summed E-state index contributed by atoms with van der Waals surface area (Å²) in [6.45, 7) is 0.160. The summed E-state index contributed by atoms with van der Waals surface area (Å²) < 4.78 is 12.1. The Hall–Kier alpha value is -1.36. The number of hydrogen-bond donors (Lipinski definition) is 0. The van der Waals surface area contributed by atoms with Crippen LogP contribution in [0.15, 0.2) is 31.8 Å². The Morgan fingerprint density at radius 2 is 2.05 bits per heavy atom. The summed E-state index contributed by atoms with van der Waals surface area (Å²) in [5, 5.41) is 9.39. The first kappa shape index (κ1) is 14.6. The molecule has 1 aromatic carbocycles. The maximum atomic E-state index is 12.6. The van der Waals surface area contributed by atoms with Gasteiger partial charge >= 0.3 is 0 Å². The lowest BCUT2D eigenvalue weighted by Crippen LogP contribution is -2.11. The average Bonchev–Trinajstić information content (AvgIpc) is 3.05. The zero-order valence-electron chi connectivity index (χ0n) is 10.4. The monoisotopic (exact) mass is 427 g/mol. The van der Waals surface area contributed by atoms with Crippen molar-refractivity contribution >= 4 is 49.0 Å². The van der Waals surface area contributed by atoms with E-state index in [-0.39, 0.29) is 12.6 Å². The van der Waals surface area contributed by atoms with E-state index in [2.05, 4.69) is 37.9 Å². The van der Waals surface area contributed by atoms with Gasteiger partial charge in [0.15, 0.2) is 17.3 Å². The van der Waals surface area contributed by atoms with Gasteiger partial charge in [-0.3, -0.25) is 4.79 Å². The Balaban J connectivity index is 1.97. The fourth-order valence-electron chi connectivity index (χ4n) is 2.04. The second-order valence-electron chi connectivity index (χ2n) is 4.28. The number of nitrogens with zero attached hydrogens (tertiary/aromatic N) is 1. The van der Waals surface area contributed by atoms with Gasteiger partial charge in [0.2, 0.25) is 6.79 Å². The predicted molar refractivity (Wildman–Crippen MR) is 85.0 cm³/mol. The third kappa shape index (κ3) is 2.71. The van der Waals surface area contributed by atoms with Crippen LogP contribution in [0.3, 0.4) is 0 Å². The molecule has 0 saturated carbocycles. The highest BCUT2D eigenvalue weighted by molar-refractivity contribution is 9.12. The number of nitriles is 1. The van der Waals surface area contributed by atoms with Gasteiger partial charge < -0.3 is 9.47 Å². The van der Waals surface area contributed by atoms with Crippen LogP contribution in [0.4, 0.5) is 0 Å². The van der Waals surface area contributed by atoms with Crippen molar-refractivity contribution in [2.45, 2.75) is 5.92 Å². The van der Waals surface area contributed by atoms with Crippen LogP contribution in [0.2, 0.25) is 0 Å². The van der Waals surface area contributed by atoms with E-state index in [0.717, 1.165) is 3.79 Å². The third-order valence-corrected chi connectivity index (χ3v) is 5.38. The Morgan fingerprint density at radius 1 is 1.29 bits per heavy atom. The molecule has 106 valence electrons. The average molecular weight is 429 g/mol. The highest BCUT2D eigenvalue weighted by Gasteiger charge is 2.27. The molecule has 1 unspecified atom stereocenters. The number of Topliss-reactive ketones (excluding diaryl/α,β-unsaturated/α-hetero) is 1. The number of hydrogen-bond acceptors (Lipinski definition) is 5. The number of carbonyl (C=O) groups is 1. The number of ether oxygens (including phenoxy) is 2. The van der Waals surface area contributed by atoms with E-state index in [9.17, 15) is 10.1 Å². The fourth-order valence-corrected chi connectivity index (χ4v) is 4.86. The molecular weight excluding hydrogens is 422 g/mol. The van der Waals surface area contributed by atoms with Crippen molar-refractivity contribution in [2.75, 3.05) is 6.79 Å². The smallest absolute Gasteiger partial charge is 0.231 e. The van der Waals surface area contributed by atoms with Crippen LogP contribution in [0, 0.1) is 11.3 Å². The van der Waals surface area contributed by atoms with Gasteiger partial charge in [0.05, 0.1) is 13.6 Å². The lowest BCUT2D eigenvalue weighted by molar-refractivity contribution is 0.0978. The zero-order chi connectivity index (χ0) is 15.0. The van der Waals surface area contributed by atoms with Gasteiger partial charge in [-0.25, -0.2) is 0 Å². The van der Waals surface area contributed by atoms with Crippen molar-refractivity contribution in [3.05, 3.63) is 43.0 Å². The van der Waals surface area contributed by atoms with Gasteiger partial charge in [0.25, 0.3) is 0 Å². The van der Waals surface area contributed by atoms with Crippen LogP contribution in [0.25, 0.3) is 0 Å². The van der Waals surface area contributed by atoms with Gasteiger partial charge in [-0.1, -0.05) is 6.07 Å². The molecule has 2 heterocycles. The van der Waals surface area contributed by atoms with Crippen molar-refractivity contribution in [1.29, 1.82) is 5.26 Å². The minimum atomic E-state index is -0.878. The molecule has 0 saturated heterocycles. The van der Waals surface area contributed by atoms with Gasteiger partial charge in [-0.2, -0.15) is 5.26 Å². The molecule has 0 bridgehead atoms. The first-order valence-corrected chi connectivity index (χ1v) is 8.28. The molecule has 1 atom stereocenters. The molecule has 1 aliphatic heterocycles. The second-order valence-corrected chi connectivity index (χ2v) is 8.03. The first-order chi connectivity index (χ1) is 10.1. The summed E-state index contributed by atoms with van der Waals surface area (Å²) in [5.74, 6) is 0.0657. The Morgan fingerprint density at radius 3 is 2.71 bits per heavy atom. The van der Waals surface area contributed by atoms with Gasteiger partial charge in [-0.15, -0.1) is 11.3 Å². The van der Waals surface area contributed by atoms with Crippen LogP contribution in [-0.2, 0) is 0 Å². The van der Waals surface area contributed by atoms with Gasteiger partial charge in [-0.05, 0) is 55.6 Å². The summed E-state index contributed by atoms with van der Waals surface area (Å²) in [7, 11) is 0. The third-order valence-electron chi connectivity index (χ3n) is 3.04. The van der Waals surface area contributed by atoms with Crippen LogP contribution in [0.1, 0.15) is 21.8 Å². The maximum absolute atomic E-state index is 12.6. The topological polar surface area (TPSA) is 59.3 Å². The number of thiophene rings is 1. The molecule has 0 fully saturated rings. The fraction of sp³-hybridized carbons (Fsp3) is 0.143. The number of rotatable bonds is 3. The van der Waals surface area contributed by atoms with Crippen molar-refractivity contribution in [3.8, 4) is 17.6 Å². The van der Waals surface area contributed by atoms with E-state index in [4.69, 9.17) is 9.47 Å². The Kier molecular flexibility index (Phi) is 4.02. The molecule has 7 heteroatoms. The van der Waals surface area contributed by atoms with Gasteiger partial charge in [0, 0.05) is 5.56 Å². The van der Waals surface area contributed by atoms with E-state index in [1.165, 1.54) is 11.3 Å². The molecule has 0 aliphatic carbocycles. The number of ketones is 1. The predicted octanol–water partition coefficient (Wildman–Crippen LogP) is 4.49. The molecule has 4 nitrogen and oxygen atoms in total. The molecular formula is C14H7Br2NO3S. The van der Waals surface area contributed by atoms with Crippen molar-refractivity contribution in [1.82, 2.24) is 0 Å². The van der Waals surface area contributed by atoms with Crippen molar-refractivity contribution in [2.24, 2.45) is 0 Å². The van der Waals surface area contributed by atoms with Crippen molar-refractivity contribution in [3.63, 3.8) is 0 Å². The standard InChI is InChI=1S/C14H7Br2NO3S/c15-12-4-8(14(16)21-12)13(18)9(5-17)7-1-2-10-11(3-7)20-6-19-10/h1-4,9H,6H2. The highest BCUT2D eigenvalue weighted by atomic mass is 79.9. The van der Waals surface area contributed by atoms with E-state index in [1.807, 2.05) is 0 Å². The quantitative estimate of drug-likeness (QED) is 0.675. The minimum absolute atomic E-state index is 0.160. The number of halogens is 2. The molecule has 0 radical (unpaired) electrons. The lowest BCUT2D eigenvalue weighted by Gasteiger charge is -2.09. The van der Waals surface area contributed by atoms with Crippen LogP contribution in [0.5, 0.6) is 11.5 Å². The van der Waals surface area contributed by atoms with E-state index in [1.54, 1.807) is 24.3 Å². The molecule has 2 aromatic rings. The Bertz CT molecular complexity index is 766. The number of carbonyl (C=O) groups excluding carboxylic acids is 1. The van der Waals surface area contributed by atoms with Crippen LogP contribution in [-0.4, -0.2) is 12.6 Å². The normalized spacial score (nSPS) is 13.8. The highest BCUT2D eigenvalue weighted by Crippen LogP contribution is 2.38.